The van der Waals surface area contributed by atoms with Crippen molar-refractivity contribution in [2.75, 3.05) is 6.61 Å². The van der Waals surface area contributed by atoms with E-state index in [-0.39, 0.29) is 6.61 Å². The van der Waals surface area contributed by atoms with Gasteiger partial charge in [0.05, 0.1) is 5.69 Å². The summed E-state index contributed by atoms with van der Waals surface area (Å²) in [7, 11) is 0. The Morgan fingerprint density at radius 1 is 1.39 bits per heavy atom. The summed E-state index contributed by atoms with van der Waals surface area (Å²) < 4.78 is 0. The first-order valence-corrected chi connectivity index (χ1v) is 6.27. The highest BCUT2D eigenvalue weighted by atomic mass is 32.1. The monoisotopic (exact) mass is 264 g/mol. The Balaban J connectivity index is 2.10. The Labute approximate surface area is 108 Å². The van der Waals surface area contributed by atoms with E-state index < -0.39 is 5.09 Å². The largest absolute Gasteiger partial charge is 0.314 e. The van der Waals surface area contributed by atoms with Crippen molar-refractivity contribution < 1.29 is 9.92 Å². The van der Waals surface area contributed by atoms with Gasteiger partial charge in [0.15, 0.2) is 0 Å². The van der Waals surface area contributed by atoms with E-state index in [9.17, 15) is 10.1 Å². The van der Waals surface area contributed by atoms with Crippen LogP contribution in [0.4, 0.5) is 0 Å². The van der Waals surface area contributed by atoms with Gasteiger partial charge in [-0.05, 0) is 6.92 Å². The molecule has 0 bridgehead atoms. The van der Waals surface area contributed by atoms with Crippen LogP contribution in [0.15, 0.2) is 30.3 Å². The third-order valence-electron chi connectivity index (χ3n) is 2.44. The number of aryl methyl sites for hydroxylation is 1. The van der Waals surface area contributed by atoms with E-state index in [2.05, 4.69) is 9.82 Å². The van der Waals surface area contributed by atoms with Crippen LogP contribution in [0.1, 0.15) is 10.6 Å². The quantitative estimate of drug-likeness (QED) is 0.615. The molecule has 0 radical (unpaired) electrons. The summed E-state index contributed by atoms with van der Waals surface area (Å²) in [6.07, 6.45) is 0.511. The Morgan fingerprint density at radius 2 is 2.11 bits per heavy atom. The first-order valence-electron chi connectivity index (χ1n) is 5.46. The second-order valence-corrected chi connectivity index (χ2v) is 4.78. The summed E-state index contributed by atoms with van der Waals surface area (Å²) in [5.41, 5.74) is 1.97. The van der Waals surface area contributed by atoms with E-state index >= 15 is 0 Å². The predicted octanol–water partition coefficient (Wildman–Crippen LogP) is 2.87. The minimum atomic E-state index is -0.769. The number of hydrogen-bond acceptors (Lipinski definition) is 5. The number of aromatic nitrogens is 1. The molecular formula is C12H12N2O3S. The van der Waals surface area contributed by atoms with Gasteiger partial charge in [0.25, 0.3) is 5.09 Å². The maximum atomic E-state index is 10.1. The third kappa shape index (κ3) is 3.04. The third-order valence-corrected chi connectivity index (χ3v) is 3.71. The molecule has 0 unspecified atom stereocenters. The van der Waals surface area contributed by atoms with E-state index in [1.54, 1.807) is 11.3 Å². The molecule has 0 saturated heterocycles. The summed E-state index contributed by atoms with van der Waals surface area (Å²) in [4.78, 5) is 19.9. The van der Waals surface area contributed by atoms with Gasteiger partial charge >= 0.3 is 0 Å². The molecule has 2 aromatic rings. The second-order valence-electron chi connectivity index (χ2n) is 3.70. The SMILES string of the molecule is Cc1nc(-c2ccccc2)sc1CCO[N+](=O)[O-]. The molecule has 1 aromatic carbocycles. The number of nitrogens with zero attached hydrogens (tertiary/aromatic N) is 2. The zero-order valence-corrected chi connectivity index (χ0v) is 10.6. The summed E-state index contributed by atoms with van der Waals surface area (Å²) >= 11 is 1.55. The molecule has 0 spiro atoms. The van der Waals surface area contributed by atoms with Crippen molar-refractivity contribution in [3.8, 4) is 10.6 Å². The Hall–Kier alpha value is -1.95. The molecule has 2 rings (SSSR count). The standard InChI is InChI=1S/C12H12N2O3S/c1-9-11(7-8-17-14(15)16)18-12(13-9)10-5-3-2-4-6-10/h2-6H,7-8H2,1H3. The van der Waals surface area contributed by atoms with Gasteiger partial charge in [-0.15, -0.1) is 21.5 Å². The zero-order valence-electron chi connectivity index (χ0n) is 9.83. The molecule has 5 nitrogen and oxygen atoms in total. The lowest BCUT2D eigenvalue weighted by molar-refractivity contribution is -0.757. The van der Waals surface area contributed by atoms with E-state index in [0.717, 1.165) is 21.1 Å². The lowest BCUT2D eigenvalue weighted by atomic mass is 10.2. The number of benzene rings is 1. The van der Waals surface area contributed by atoms with E-state index in [1.807, 2.05) is 37.3 Å². The highest BCUT2D eigenvalue weighted by Crippen LogP contribution is 2.27. The molecule has 18 heavy (non-hydrogen) atoms. The molecule has 1 heterocycles. The fourth-order valence-electron chi connectivity index (χ4n) is 1.58. The molecule has 0 N–H and O–H groups in total. The van der Waals surface area contributed by atoms with Gasteiger partial charge in [-0.1, -0.05) is 30.3 Å². The maximum absolute atomic E-state index is 10.1. The average Bonchev–Trinajstić information content (AvgIpc) is 2.72. The zero-order chi connectivity index (χ0) is 13.0. The lowest BCUT2D eigenvalue weighted by Gasteiger charge is -1.96. The second kappa shape index (κ2) is 5.59. The molecule has 0 aliphatic rings. The van der Waals surface area contributed by atoms with Gasteiger partial charge in [-0.2, -0.15) is 0 Å². The van der Waals surface area contributed by atoms with Crippen LogP contribution in [-0.2, 0) is 11.3 Å². The molecule has 0 saturated carbocycles. The van der Waals surface area contributed by atoms with Crippen LogP contribution >= 0.6 is 11.3 Å². The minimum absolute atomic E-state index is 0.0737. The number of rotatable bonds is 5. The van der Waals surface area contributed by atoms with Crippen LogP contribution in [0.5, 0.6) is 0 Å². The Morgan fingerprint density at radius 3 is 2.78 bits per heavy atom. The van der Waals surface area contributed by atoms with Gasteiger partial charge in [0, 0.05) is 16.9 Å². The van der Waals surface area contributed by atoms with Crippen molar-refractivity contribution in [2.45, 2.75) is 13.3 Å². The number of hydrogen-bond donors (Lipinski definition) is 0. The summed E-state index contributed by atoms with van der Waals surface area (Å²) in [5, 5.41) is 10.2. The van der Waals surface area contributed by atoms with Crippen LogP contribution in [0, 0.1) is 17.0 Å². The first-order chi connectivity index (χ1) is 8.66. The molecule has 0 amide bonds. The molecule has 6 heteroatoms. The topological polar surface area (TPSA) is 65.3 Å². The normalized spacial score (nSPS) is 10.3. The van der Waals surface area contributed by atoms with Crippen LogP contribution in [0.3, 0.4) is 0 Å². The fraction of sp³-hybridized carbons (Fsp3) is 0.250. The van der Waals surface area contributed by atoms with E-state index in [1.165, 1.54) is 0 Å². The van der Waals surface area contributed by atoms with Crippen molar-refractivity contribution in [1.29, 1.82) is 0 Å². The highest BCUT2D eigenvalue weighted by Gasteiger charge is 2.09. The molecule has 0 aliphatic carbocycles. The lowest BCUT2D eigenvalue weighted by Crippen LogP contribution is -2.04. The van der Waals surface area contributed by atoms with Crippen LogP contribution in [0.2, 0.25) is 0 Å². The van der Waals surface area contributed by atoms with Crippen molar-refractivity contribution in [3.63, 3.8) is 0 Å². The molecule has 94 valence electrons. The van der Waals surface area contributed by atoms with Crippen molar-refractivity contribution >= 4 is 11.3 Å². The van der Waals surface area contributed by atoms with Crippen molar-refractivity contribution in [2.24, 2.45) is 0 Å². The van der Waals surface area contributed by atoms with Crippen molar-refractivity contribution in [1.82, 2.24) is 4.98 Å². The number of thiazole rings is 1. The Kier molecular flexibility index (Phi) is 3.88. The molecule has 1 aromatic heterocycles. The van der Waals surface area contributed by atoms with Gasteiger partial charge in [0.2, 0.25) is 0 Å². The van der Waals surface area contributed by atoms with Crippen LogP contribution in [0.25, 0.3) is 10.6 Å². The molecule has 0 atom stereocenters. The summed E-state index contributed by atoms with van der Waals surface area (Å²) in [6, 6.07) is 9.87. The molecular weight excluding hydrogens is 252 g/mol. The van der Waals surface area contributed by atoms with E-state index in [4.69, 9.17) is 0 Å². The first kappa shape index (κ1) is 12.5. The van der Waals surface area contributed by atoms with Crippen LogP contribution < -0.4 is 0 Å². The van der Waals surface area contributed by atoms with Gasteiger partial charge in [0.1, 0.15) is 11.6 Å². The predicted molar refractivity (Wildman–Crippen MR) is 68.9 cm³/mol. The Bertz CT molecular complexity index is 540. The minimum Gasteiger partial charge on any atom is -0.314 e. The summed E-state index contributed by atoms with van der Waals surface area (Å²) in [5.74, 6) is 0. The maximum Gasteiger partial charge on any atom is 0.294 e. The summed E-state index contributed by atoms with van der Waals surface area (Å²) in [6.45, 7) is 1.98. The van der Waals surface area contributed by atoms with Gasteiger partial charge < -0.3 is 4.84 Å². The van der Waals surface area contributed by atoms with Gasteiger partial charge in [-0.3, -0.25) is 0 Å². The van der Waals surface area contributed by atoms with Crippen LogP contribution in [-0.4, -0.2) is 16.7 Å². The van der Waals surface area contributed by atoms with E-state index in [0.29, 0.717) is 6.42 Å². The van der Waals surface area contributed by atoms with Crippen molar-refractivity contribution in [3.05, 3.63) is 51.0 Å². The fourth-order valence-corrected chi connectivity index (χ4v) is 2.63. The highest BCUT2D eigenvalue weighted by molar-refractivity contribution is 7.15. The molecule has 0 fully saturated rings. The average molecular weight is 264 g/mol. The molecule has 0 aliphatic heterocycles. The van der Waals surface area contributed by atoms with Gasteiger partial charge in [-0.25, -0.2) is 4.98 Å². The smallest absolute Gasteiger partial charge is 0.294 e.